The van der Waals surface area contributed by atoms with Gasteiger partial charge in [-0.3, -0.25) is 9.48 Å². The van der Waals surface area contributed by atoms with Gasteiger partial charge in [0.2, 0.25) is 0 Å². The smallest absolute Gasteiger partial charge is 0.257 e. The molecule has 0 saturated carbocycles. The molecule has 5 heteroatoms. The van der Waals surface area contributed by atoms with Crippen LogP contribution in [0.2, 0.25) is 0 Å². The number of hydrogen-bond donors (Lipinski definition) is 0. The van der Waals surface area contributed by atoms with Gasteiger partial charge in [-0.2, -0.15) is 5.10 Å². The summed E-state index contributed by atoms with van der Waals surface area (Å²) in [7, 11) is 1.86. The lowest BCUT2D eigenvalue weighted by Crippen LogP contribution is -2.48. The summed E-state index contributed by atoms with van der Waals surface area (Å²) < 4.78 is 1.75. The van der Waals surface area contributed by atoms with Crippen LogP contribution in [0.5, 0.6) is 0 Å². The molecule has 0 aromatic carbocycles. The second-order valence-electron chi connectivity index (χ2n) is 4.49. The normalized spacial score (nSPS) is 17.5. The molecule has 0 N–H and O–H groups in total. The third-order valence-corrected chi connectivity index (χ3v) is 3.57. The predicted molar refractivity (Wildman–Crippen MR) is 66.0 cm³/mol. The summed E-state index contributed by atoms with van der Waals surface area (Å²) in [5, 5.41) is 4.12. The van der Waals surface area contributed by atoms with E-state index in [-0.39, 0.29) is 5.91 Å². The van der Waals surface area contributed by atoms with Gasteiger partial charge in [-0.1, -0.05) is 6.92 Å². The topological polar surface area (TPSA) is 41.4 Å². The number of carbonyl (C=O) groups excluding carboxylic acids is 1. The van der Waals surface area contributed by atoms with E-state index < -0.39 is 0 Å². The Kier molecular flexibility index (Phi) is 3.47. The maximum atomic E-state index is 12.3. The Morgan fingerprint density at radius 2 is 2.00 bits per heavy atom. The molecule has 0 radical (unpaired) electrons. The van der Waals surface area contributed by atoms with Gasteiger partial charge in [0.05, 0.1) is 11.8 Å². The molecule has 1 aliphatic rings. The average molecular weight is 236 g/mol. The Bertz CT molecular complexity index is 405. The van der Waals surface area contributed by atoms with E-state index in [0.29, 0.717) is 0 Å². The van der Waals surface area contributed by atoms with Crippen LogP contribution >= 0.6 is 0 Å². The Morgan fingerprint density at radius 1 is 1.35 bits per heavy atom. The highest BCUT2D eigenvalue weighted by atomic mass is 16.2. The summed E-state index contributed by atoms with van der Waals surface area (Å²) in [6, 6.07) is 0. The maximum absolute atomic E-state index is 12.3. The monoisotopic (exact) mass is 236 g/mol. The van der Waals surface area contributed by atoms with Crippen LogP contribution in [0.4, 0.5) is 0 Å². The molecule has 1 amide bonds. The molecular weight excluding hydrogens is 216 g/mol. The van der Waals surface area contributed by atoms with Crippen molar-refractivity contribution in [3.63, 3.8) is 0 Å². The third-order valence-electron chi connectivity index (χ3n) is 3.57. The van der Waals surface area contributed by atoms with Crippen molar-refractivity contribution in [2.45, 2.75) is 13.8 Å². The number of aromatic nitrogens is 2. The van der Waals surface area contributed by atoms with Crippen molar-refractivity contribution < 1.29 is 4.79 Å². The number of piperazine rings is 1. The molecule has 0 spiro atoms. The molecule has 1 saturated heterocycles. The minimum Gasteiger partial charge on any atom is -0.336 e. The number of carbonyl (C=O) groups is 1. The predicted octanol–water partition coefficient (Wildman–Crippen LogP) is 0.506. The van der Waals surface area contributed by atoms with Gasteiger partial charge in [0, 0.05) is 38.9 Å². The minimum atomic E-state index is 0.117. The van der Waals surface area contributed by atoms with Crippen LogP contribution in [0.1, 0.15) is 23.0 Å². The summed E-state index contributed by atoms with van der Waals surface area (Å²) in [4.78, 5) is 16.6. The van der Waals surface area contributed by atoms with Crippen LogP contribution in [-0.2, 0) is 7.05 Å². The van der Waals surface area contributed by atoms with Crippen molar-refractivity contribution in [2.75, 3.05) is 32.7 Å². The molecule has 94 valence electrons. The zero-order valence-corrected chi connectivity index (χ0v) is 10.8. The van der Waals surface area contributed by atoms with Crippen LogP contribution in [0.3, 0.4) is 0 Å². The Hall–Kier alpha value is -1.36. The first kappa shape index (κ1) is 12.1. The van der Waals surface area contributed by atoms with Crippen molar-refractivity contribution in [3.05, 3.63) is 17.5 Å². The second kappa shape index (κ2) is 4.87. The third kappa shape index (κ3) is 2.34. The van der Waals surface area contributed by atoms with E-state index >= 15 is 0 Å². The summed E-state index contributed by atoms with van der Waals surface area (Å²) in [5.74, 6) is 0.117. The van der Waals surface area contributed by atoms with Gasteiger partial charge in [-0.15, -0.1) is 0 Å². The highest BCUT2D eigenvalue weighted by Crippen LogP contribution is 2.11. The van der Waals surface area contributed by atoms with E-state index in [0.717, 1.165) is 44.0 Å². The van der Waals surface area contributed by atoms with Crippen molar-refractivity contribution in [3.8, 4) is 0 Å². The van der Waals surface area contributed by atoms with E-state index in [4.69, 9.17) is 0 Å². The van der Waals surface area contributed by atoms with Crippen molar-refractivity contribution in [1.82, 2.24) is 19.6 Å². The highest BCUT2D eigenvalue weighted by Gasteiger charge is 2.23. The van der Waals surface area contributed by atoms with Gasteiger partial charge in [0.1, 0.15) is 0 Å². The number of aryl methyl sites for hydroxylation is 1. The lowest BCUT2D eigenvalue weighted by Gasteiger charge is -2.33. The number of rotatable bonds is 2. The molecule has 0 bridgehead atoms. The zero-order valence-electron chi connectivity index (χ0n) is 10.8. The first-order valence-electron chi connectivity index (χ1n) is 6.13. The molecule has 5 nitrogen and oxygen atoms in total. The van der Waals surface area contributed by atoms with E-state index in [1.807, 2.05) is 18.9 Å². The first-order valence-corrected chi connectivity index (χ1v) is 6.13. The Balaban J connectivity index is 2.04. The molecular formula is C12H20N4O. The van der Waals surface area contributed by atoms with Crippen molar-refractivity contribution in [2.24, 2.45) is 7.05 Å². The molecule has 0 unspecified atom stereocenters. The van der Waals surface area contributed by atoms with E-state index in [1.165, 1.54) is 0 Å². The summed E-state index contributed by atoms with van der Waals surface area (Å²) in [5.41, 5.74) is 1.67. The van der Waals surface area contributed by atoms with Gasteiger partial charge in [-0.25, -0.2) is 0 Å². The molecule has 2 heterocycles. The minimum absolute atomic E-state index is 0.117. The van der Waals surface area contributed by atoms with Crippen LogP contribution in [-0.4, -0.2) is 58.2 Å². The number of hydrogen-bond acceptors (Lipinski definition) is 3. The van der Waals surface area contributed by atoms with Gasteiger partial charge in [0.25, 0.3) is 5.91 Å². The maximum Gasteiger partial charge on any atom is 0.257 e. The second-order valence-corrected chi connectivity index (χ2v) is 4.49. The summed E-state index contributed by atoms with van der Waals surface area (Å²) >= 11 is 0. The van der Waals surface area contributed by atoms with Crippen LogP contribution in [0.25, 0.3) is 0 Å². The van der Waals surface area contributed by atoms with Gasteiger partial charge in [-0.05, 0) is 13.5 Å². The Morgan fingerprint density at radius 3 is 2.47 bits per heavy atom. The molecule has 0 atom stereocenters. The fourth-order valence-electron chi connectivity index (χ4n) is 2.15. The van der Waals surface area contributed by atoms with Gasteiger partial charge >= 0.3 is 0 Å². The van der Waals surface area contributed by atoms with Gasteiger partial charge in [0.15, 0.2) is 0 Å². The quantitative estimate of drug-likeness (QED) is 0.751. The summed E-state index contributed by atoms with van der Waals surface area (Å²) in [6.45, 7) is 8.74. The van der Waals surface area contributed by atoms with Crippen LogP contribution in [0.15, 0.2) is 6.20 Å². The van der Waals surface area contributed by atoms with Crippen molar-refractivity contribution in [1.29, 1.82) is 0 Å². The fraction of sp³-hybridized carbons (Fsp3) is 0.667. The lowest BCUT2D eigenvalue weighted by molar-refractivity contribution is 0.0642. The number of likely N-dealkylation sites (N-methyl/N-ethyl adjacent to an activating group) is 1. The molecule has 17 heavy (non-hydrogen) atoms. The van der Waals surface area contributed by atoms with E-state index in [9.17, 15) is 4.79 Å². The average Bonchev–Trinajstić information content (AvgIpc) is 2.69. The molecule has 1 aromatic heterocycles. The van der Waals surface area contributed by atoms with Crippen LogP contribution < -0.4 is 0 Å². The Labute approximate surface area is 102 Å². The van der Waals surface area contributed by atoms with Crippen molar-refractivity contribution >= 4 is 5.91 Å². The molecule has 2 rings (SSSR count). The lowest BCUT2D eigenvalue weighted by atomic mass is 10.2. The van der Waals surface area contributed by atoms with E-state index in [2.05, 4.69) is 16.9 Å². The SMILES string of the molecule is CCN1CCN(C(=O)c2cnn(C)c2C)CC1. The largest absolute Gasteiger partial charge is 0.336 e. The first-order chi connectivity index (χ1) is 8.13. The van der Waals surface area contributed by atoms with Gasteiger partial charge < -0.3 is 9.80 Å². The molecule has 1 fully saturated rings. The number of nitrogens with zero attached hydrogens (tertiary/aromatic N) is 4. The fourth-order valence-corrected chi connectivity index (χ4v) is 2.15. The van der Waals surface area contributed by atoms with E-state index in [1.54, 1.807) is 10.9 Å². The van der Waals surface area contributed by atoms with Crippen LogP contribution in [0, 0.1) is 6.92 Å². The number of amides is 1. The standard InChI is InChI=1S/C12H20N4O/c1-4-15-5-7-16(8-6-15)12(17)11-9-13-14(3)10(11)2/h9H,4-8H2,1-3H3. The zero-order chi connectivity index (χ0) is 12.4. The summed E-state index contributed by atoms with van der Waals surface area (Å²) in [6.07, 6.45) is 1.67. The molecule has 0 aliphatic carbocycles. The highest BCUT2D eigenvalue weighted by molar-refractivity contribution is 5.95. The molecule has 1 aliphatic heterocycles. The molecule has 1 aromatic rings.